The highest BCUT2D eigenvalue weighted by atomic mass is 16.5. The fourth-order valence-corrected chi connectivity index (χ4v) is 3.97. The fourth-order valence-electron chi connectivity index (χ4n) is 3.97. The Balaban J connectivity index is 1.74. The molecule has 0 saturated heterocycles. The molecule has 0 spiro atoms. The lowest BCUT2D eigenvalue weighted by Crippen LogP contribution is -2.58. The van der Waals surface area contributed by atoms with Crippen LogP contribution in [0.5, 0.6) is 5.75 Å². The average Bonchev–Trinajstić information content (AvgIpc) is 3.33. The van der Waals surface area contributed by atoms with Gasteiger partial charge >= 0.3 is 5.97 Å². The summed E-state index contributed by atoms with van der Waals surface area (Å²) in [5.41, 5.74) is -2.63. The summed E-state index contributed by atoms with van der Waals surface area (Å²) in [6.07, 6.45) is 1.29. The van der Waals surface area contributed by atoms with Crippen LogP contribution in [-0.4, -0.2) is 45.9 Å². The molecule has 4 rings (SSSR count). The maximum Gasteiger partial charge on any atom is 0.350 e. The van der Waals surface area contributed by atoms with Gasteiger partial charge in [-0.1, -0.05) is 18.2 Å². The molecule has 1 aliphatic heterocycles. The highest BCUT2D eigenvalue weighted by molar-refractivity contribution is 6.22. The molecule has 0 saturated carbocycles. The van der Waals surface area contributed by atoms with Gasteiger partial charge in [-0.2, -0.15) is 0 Å². The van der Waals surface area contributed by atoms with Crippen molar-refractivity contribution in [2.75, 3.05) is 12.4 Å². The van der Waals surface area contributed by atoms with Crippen LogP contribution in [-0.2, 0) is 33.0 Å². The molecule has 1 atom stereocenters. The number of carboxylic acids is 1. The first-order valence-corrected chi connectivity index (χ1v) is 10.6. The standard InChI is InChI=1S/C25H22N2O8/c1-14-10-18-21(19(11-14)26-20(28)12-15-5-7-16(34-2)8-6-15)22(29)27(13-17-4-3-9-35-17)23(30)25(18,33)24(31)32/h3-11,33H,12-13H2,1-2H3,(H,26,28)(H,31,32)/t25-/m0/s1. The molecule has 2 aromatic carbocycles. The number of benzene rings is 2. The summed E-state index contributed by atoms with van der Waals surface area (Å²) < 4.78 is 10.3. The first-order valence-electron chi connectivity index (χ1n) is 10.6. The van der Waals surface area contributed by atoms with Gasteiger partial charge in [-0.05, 0) is 48.4 Å². The van der Waals surface area contributed by atoms with Crippen LogP contribution in [0.3, 0.4) is 0 Å². The maximum atomic E-state index is 13.4. The van der Waals surface area contributed by atoms with E-state index in [0.29, 0.717) is 21.8 Å². The van der Waals surface area contributed by atoms with Crippen LogP contribution in [0.2, 0.25) is 0 Å². The van der Waals surface area contributed by atoms with E-state index in [2.05, 4.69) is 5.32 Å². The second-order valence-electron chi connectivity index (χ2n) is 8.10. The Labute approximate surface area is 199 Å². The minimum absolute atomic E-state index is 0.0138. The van der Waals surface area contributed by atoms with Gasteiger partial charge < -0.3 is 24.7 Å². The van der Waals surface area contributed by atoms with Gasteiger partial charge in [-0.15, -0.1) is 0 Å². The highest BCUT2D eigenvalue weighted by Crippen LogP contribution is 2.39. The highest BCUT2D eigenvalue weighted by Gasteiger charge is 2.56. The van der Waals surface area contributed by atoms with Crippen molar-refractivity contribution in [1.82, 2.24) is 4.90 Å². The van der Waals surface area contributed by atoms with Gasteiger partial charge in [0, 0.05) is 5.56 Å². The predicted octanol–water partition coefficient (Wildman–Crippen LogP) is 2.23. The number of hydrogen-bond acceptors (Lipinski definition) is 7. The number of carboxylic acid groups (broad SMARTS) is 1. The van der Waals surface area contributed by atoms with Crippen molar-refractivity contribution in [3.8, 4) is 5.75 Å². The number of hydrogen-bond donors (Lipinski definition) is 3. The molecule has 1 aromatic heterocycles. The Morgan fingerprint density at radius 3 is 2.46 bits per heavy atom. The van der Waals surface area contributed by atoms with Crippen LogP contribution in [0.1, 0.15) is 32.8 Å². The molecule has 10 nitrogen and oxygen atoms in total. The number of nitrogens with zero attached hydrogens (tertiary/aromatic N) is 1. The third-order valence-corrected chi connectivity index (χ3v) is 5.69. The van der Waals surface area contributed by atoms with Crippen molar-refractivity contribution >= 4 is 29.4 Å². The molecule has 10 heteroatoms. The molecule has 0 bridgehead atoms. The quantitative estimate of drug-likeness (QED) is 0.346. The maximum absolute atomic E-state index is 13.4. The monoisotopic (exact) mass is 478 g/mol. The number of fused-ring (bicyclic) bond motifs is 1. The number of methoxy groups -OCH3 is 1. The van der Waals surface area contributed by atoms with Crippen LogP contribution in [0.4, 0.5) is 5.69 Å². The number of ether oxygens (including phenoxy) is 1. The van der Waals surface area contributed by atoms with Gasteiger partial charge in [0.05, 0.1) is 37.6 Å². The molecular weight excluding hydrogens is 456 g/mol. The first kappa shape index (κ1) is 23.7. The third-order valence-electron chi connectivity index (χ3n) is 5.69. The van der Waals surface area contributed by atoms with Crippen LogP contribution in [0.15, 0.2) is 59.2 Å². The Hall–Kier alpha value is -4.44. The zero-order valence-electron chi connectivity index (χ0n) is 18.9. The van der Waals surface area contributed by atoms with Crippen molar-refractivity contribution in [2.24, 2.45) is 0 Å². The predicted molar refractivity (Wildman–Crippen MR) is 122 cm³/mol. The normalized spacial score (nSPS) is 17.2. The van der Waals surface area contributed by atoms with E-state index >= 15 is 0 Å². The molecule has 35 heavy (non-hydrogen) atoms. The summed E-state index contributed by atoms with van der Waals surface area (Å²) in [6, 6.07) is 12.6. The topological polar surface area (TPSA) is 146 Å². The SMILES string of the molecule is COc1ccc(CC(=O)Nc2cc(C)cc3c2C(=O)N(Cc2ccco2)C(=O)[C@]3(O)C(=O)O)cc1. The molecule has 0 unspecified atom stereocenters. The van der Waals surface area contributed by atoms with E-state index in [4.69, 9.17) is 9.15 Å². The number of furan rings is 1. The molecule has 3 aromatic rings. The summed E-state index contributed by atoms with van der Waals surface area (Å²) in [5.74, 6) is -3.68. The second-order valence-corrected chi connectivity index (χ2v) is 8.10. The van der Waals surface area contributed by atoms with E-state index in [1.807, 2.05) is 0 Å². The van der Waals surface area contributed by atoms with E-state index in [0.717, 1.165) is 0 Å². The minimum atomic E-state index is -3.03. The van der Waals surface area contributed by atoms with E-state index in [9.17, 15) is 29.4 Å². The number of aryl methyl sites for hydroxylation is 1. The number of aliphatic carboxylic acids is 1. The average molecular weight is 478 g/mol. The Bertz CT molecular complexity index is 1310. The Kier molecular flexibility index (Phi) is 6.14. The zero-order valence-corrected chi connectivity index (χ0v) is 18.9. The van der Waals surface area contributed by atoms with Gasteiger partial charge in [0.25, 0.3) is 17.4 Å². The van der Waals surface area contributed by atoms with Crippen LogP contribution >= 0.6 is 0 Å². The summed E-state index contributed by atoms with van der Waals surface area (Å²) >= 11 is 0. The van der Waals surface area contributed by atoms with Gasteiger partial charge in [-0.3, -0.25) is 19.3 Å². The largest absolute Gasteiger partial charge is 0.497 e. The number of rotatable bonds is 7. The van der Waals surface area contributed by atoms with Gasteiger partial charge in [0.1, 0.15) is 11.5 Å². The zero-order chi connectivity index (χ0) is 25.3. The van der Waals surface area contributed by atoms with Crippen molar-refractivity contribution in [3.05, 3.63) is 82.8 Å². The summed E-state index contributed by atoms with van der Waals surface area (Å²) in [5, 5.41) is 23.5. The van der Waals surface area contributed by atoms with Crippen LogP contribution in [0, 0.1) is 6.92 Å². The molecule has 3 N–H and O–H groups in total. The lowest BCUT2D eigenvalue weighted by molar-refractivity contribution is -0.173. The molecule has 1 aliphatic rings. The summed E-state index contributed by atoms with van der Waals surface area (Å²) in [6.45, 7) is 1.19. The summed E-state index contributed by atoms with van der Waals surface area (Å²) in [7, 11) is 1.53. The number of nitrogens with one attached hydrogen (secondary N) is 1. The minimum Gasteiger partial charge on any atom is -0.497 e. The van der Waals surface area contributed by atoms with E-state index in [-0.39, 0.29) is 23.4 Å². The van der Waals surface area contributed by atoms with Gasteiger partial charge in [0.15, 0.2) is 0 Å². The number of anilines is 1. The molecule has 180 valence electrons. The Morgan fingerprint density at radius 1 is 1.14 bits per heavy atom. The number of amides is 3. The fraction of sp³-hybridized carbons (Fsp3) is 0.200. The van der Waals surface area contributed by atoms with E-state index < -0.39 is 41.4 Å². The third kappa shape index (κ3) is 4.26. The number of carbonyl (C=O) groups excluding carboxylic acids is 3. The van der Waals surface area contributed by atoms with E-state index in [1.165, 1.54) is 31.6 Å². The van der Waals surface area contributed by atoms with Crippen molar-refractivity contribution in [2.45, 2.75) is 25.5 Å². The van der Waals surface area contributed by atoms with E-state index in [1.54, 1.807) is 37.3 Å². The van der Waals surface area contributed by atoms with Crippen molar-refractivity contribution < 1.29 is 38.5 Å². The molecule has 0 aliphatic carbocycles. The summed E-state index contributed by atoms with van der Waals surface area (Å²) in [4.78, 5) is 52.0. The molecule has 3 amide bonds. The van der Waals surface area contributed by atoms with Gasteiger partial charge in [-0.25, -0.2) is 4.79 Å². The second kappa shape index (κ2) is 9.07. The van der Waals surface area contributed by atoms with Gasteiger partial charge in [0.2, 0.25) is 5.91 Å². The lowest BCUT2D eigenvalue weighted by atomic mass is 9.82. The molecule has 2 heterocycles. The molecular formula is C25H22N2O8. The Morgan fingerprint density at radius 2 is 1.86 bits per heavy atom. The van der Waals surface area contributed by atoms with Crippen molar-refractivity contribution in [1.29, 1.82) is 0 Å². The molecule has 0 radical (unpaired) electrons. The number of carbonyl (C=O) groups is 4. The van der Waals surface area contributed by atoms with Crippen LogP contribution < -0.4 is 10.1 Å². The smallest absolute Gasteiger partial charge is 0.350 e. The number of aliphatic hydroxyl groups is 1. The molecule has 0 fully saturated rings. The first-order chi connectivity index (χ1) is 16.6. The van der Waals surface area contributed by atoms with Crippen LogP contribution in [0.25, 0.3) is 0 Å². The lowest BCUT2D eigenvalue weighted by Gasteiger charge is -2.36. The number of imide groups is 1. The van der Waals surface area contributed by atoms with Crippen molar-refractivity contribution in [3.63, 3.8) is 0 Å².